The van der Waals surface area contributed by atoms with Gasteiger partial charge in [0.2, 0.25) is 0 Å². The molecule has 2 heterocycles. The number of nitrogens with zero attached hydrogens (tertiary/aromatic N) is 3. The van der Waals surface area contributed by atoms with E-state index in [-0.39, 0.29) is 0 Å². The van der Waals surface area contributed by atoms with Crippen molar-refractivity contribution >= 4 is 5.69 Å². The lowest BCUT2D eigenvalue weighted by Gasteiger charge is -2.19. The second-order valence-corrected chi connectivity index (χ2v) is 4.73. The fourth-order valence-electron chi connectivity index (χ4n) is 2.28. The first-order valence-corrected chi connectivity index (χ1v) is 6.71. The maximum absolute atomic E-state index is 8.66. The molecular formula is C14H20N4. The molecule has 1 aliphatic rings. The van der Waals surface area contributed by atoms with Gasteiger partial charge in [-0.1, -0.05) is 12.8 Å². The van der Waals surface area contributed by atoms with Gasteiger partial charge in [-0.3, -0.25) is 0 Å². The highest BCUT2D eigenvalue weighted by atomic mass is 15.1. The van der Waals surface area contributed by atoms with Crippen LogP contribution in [-0.4, -0.2) is 36.1 Å². The molecule has 1 aromatic heterocycles. The molecule has 0 radical (unpaired) electrons. The number of hydrogen-bond acceptors (Lipinski definition) is 4. The molecule has 1 fully saturated rings. The summed E-state index contributed by atoms with van der Waals surface area (Å²) in [5.74, 6) is 0. The fraction of sp³-hybridized carbons (Fsp3) is 0.571. The summed E-state index contributed by atoms with van der Waals surface area (Å²) in [5.41, 5.74) is 1.46. The van der Waals surface area contributed by atoms with Gasteiger partial charge in [0.15, 0.2) is 0 Å². The minimum absolute atomic E-state index is 0.466. The lowest BCUT2D eigenvalue weighted by Crippen LogP contribution is -2.29. The summed E-state index contributed by atoms with van der Waals surface area (Å²) >= 11 is 0. The van der Waals surface area contributed by atoms with Crippen molar-refractivity contribution in [1.29, 1.82) is 5.26 Å². The molecule has 1 aliphatic heterocycles. The predicted octanol–water partition coefficient (Wildman–Crippen LogP) is 2.24. The van der Waals surface area contributed by atoms with Crippen molar-refractivity contribution in [3.63, 3.8) is 0 Å². The Hall–Kier alpha value is -1.60. The van der Waals surface area contributed by atoms with Gasteiger partial charge in [-0.15, -0.1) is 0 Å². The number of anilines is 1. The Kier molecular flexibility index (Phi) is 4.98. The van der Waals surface area contributed by atoms with E-state index in [0.29, 0.717) is 5.69 Å². The van der Waals surface area contributed by atoms with Crippen molar-refractivity contribution in [3.8, 4) is 6.07 Å². The van der Waals surface area contributed by atoms with Crippen LogP contribution in [0.4, 0.5) is 5.69 Å². The van der Waals surface area contributed by atoms with E-state index in [9.17, 15) is 0 Å². The molecule has 4 nitrogen and oxygen atoms in total. The Morgan fingerprint density at radius 1 is 1.22 bits per heavy atom. The van der Waals surface area contributed by atoms with Crippen molar-refractivity contribution in [2.75, 3.05) is 31.5 Å². The minimum Gasteiger partial charge on any atom is -0.383 e. The SMILES string of the molecule is N#Cc1ccc(NCCN2CCCCCC2)cn1. The lowest BCUT2D eigenvalue weighted by molar-refractivity contribution is 0.296. The highest BCUT2D eigenvalue weighted by Gasteiger charge is 2.07. The minimum atomic E-state index is 0.466. The number of aromatic nitrogens is 1. The second-order valence-electron chi connectivity index (χ2n) is 4.73. The maximum atomic E-state index is 8.66. The normalized spacial score (nSPS) is 16.8. The summed E-state index contributed by atoms with van der Waals surface area (Å²) in [6.45, 7) is 4.48. The van der Waals surface area contributed by atoms with E-state index in [1.807, 2.05) is 12.1 Å². The van der Waals surface area contributed by atoms with Crippen LogP contribution in [0.15, 0.2) is 18.3 Å². The lowest BCUT2D eigenvalue weighted by atomic mass is 10.2. The number of hydrogen-bond donors (Lipinski definition) is 1. The predicted molar refractivity (Wildman–Crippen MR) is 72.3 cm³/mol. The number of likely N-dealkylation sites (tertiary alicyclic amines) is 1. The van der Waals surface area contributed by atoms with E-state index in [1.165, 1.54) is 38.8 Å². The highest BCUT2D eigenvalue weighted by molar-refractivity contribution is 5.42. The van der Waals surface area contributed by atoms with Gasteiger partial charge in [-0.05, 0) is 38.1 Å². The van der Waals surface area contributed by atoms with Crippen molar-refractivity contribution in [2.24, 2.45) is 0 Å². The molecule has 4 heteroatoms. The van der Waals surface area contributed by atoms with E-state index in [0.717, 1.165) is 18.8 Å². The highest BCUT2D eigenvalue weighted by Crippen LogP contribution is 2.09. The van der Waals surface area contributed by atoms with Gasteiger partial charge in [0.1, 0.15) is 11.8 Å². The first-order chi connectivity index (χ1) is 8.88. The van der Waals surface area contributed by atoms with Crippen LogP contribution in [0.5, 0.6) is 0 Å². The monoisotopic (exact) mass is 244 g/mol. The molecule has 18 heavy (non-hydrogen) atoms. The van der Waals surface area contributed by atoms with Crippen LogP contribution in [0.3, 0.4) is 0 Å². The van der Waals surface area contributed by atoms with Gasteiger partial charge in [0, 0.05) is 13.1 Å². The van der Waals surface area contributed by atoms with E-state index in [2.05, 4.69) is 15.2 Å². The third kappa shape index (κ3) is 4.01. The Labute approximate surface area is 109 Å². The molecule has 1 N–H and O–H groups in total. The molecule has 2 rings (SSSR count). The van der Waals surface area contributed by atoms with Gasteiger partial charge in [0.25, 0.3) is 0 Å². The van der Waals surface area contributed by atoms with Crippen LogP contribution in [0.25, 0.3) is 0 Å². The Morgan fingerprint density at radius 2 is 2.00 bits per heavy atom. The first-order valence-electron chi connectivity index (χ1n) is 6.71. The standard InChI is InChI=1S/C14H20N4/c15-11-13-5-6-14(12-17-13)16-7-10-18-8-3-1-2-4-9-18/h5-6,12,16H,1-4,7-10H2. The molecule has 1 aromatic rings. The number of nitrogens with one attached hydrogen (secondary N) is 1. The summed E-state index contributed by atoms with van der Waals surface area (Å²) < 4.78 is 0. The summed E-state index contributed by atoms with van der Waals surface area (Å²) in [7, 11) is 0. The smallest absolute Gasteiger partial charge is 0.140 e. The maximum Gasteiger partial charge on any atom is 0.140 e. The molecule has 1 saturated heterocycles. The zero-order valence-corrected chi connectivity index (χ0v) is 10.7. The van der Waals surface area contributed by atoms with Crippen molar-refractivity contribution in [1.82, 2.24) is 9.88 Å². The third-order valence-corrected chi connectivity index (χ3v) is 3.33. The van der Waals surface area contributed by atoms with E-state index in [1.54, 1.807) is 12.3 Å². The molecular weight excluding hydrogens is 224 g/mol. The summed E-state index contributed by atoms with van der Waals surface area (Å²) in [6, 6.07) is 5.68. The Morgan fingerprint density at radius 3 is 2.61 bits per heavy atom. The molecule has 0 bridgehead atoms. The molecule has 0 atom stereocenters. The topological polar surface area (TPSA) is 52.0 Å². The van der Waals surface area contributed by atoms with Crippen molar-refractivity contribution in [2.45, 2.75) is 25.7 Å². The van der Waals surface area contributed by atoms with Gasteiger partial charge >= 0.3 is 0 Å². The fourth-order valence-corrected chi connectivity index (χ4v) is 2.28. The zero-order chi connectivity index (χ0) is 12.6. The quantitative estimate of drug-likeness (QED) is 0.882. The van der Waals surface area contributed by atoms with Crippen molar-refractivity contribution in [3.05, 3.63) is 24.0 Å². The largest absolute Gasteiger partial charge is 0.383 e. The third-order valence-electron chi connectivity index (χ3n) is 3.33. The molecule has 96 valence electrons. The number of pyridine rings is 1. The van der Waals surface area contributed by atoms with E-state index < -0.39 is 0 Å². The zero-order valence-electron chi connectivity index (χ0n) is 10.7. The average Bonchev–Trinajstić information content (AvgIpc) is 2.68. The molecule has 0 saturated carbocycles. The number of rotatable bonds is 4. The van der Waals surface area contributed by atoms with Gasteiger partial charge < -0.3 is 10.2 Å². The first kappa shape index (κ1) is 12.8. The van der Waals surface area contributed by atoms with Gasteiger partial charge in [0.05, 0.1) is 11.9 Å². The van der Waals surface area contributed by atoms with Gasteiger partial charge in [-0.2, -0.15) is 5.26 Å². The van der Waals surface area contributed by atoms with Crippen LogP contribution < -0.4 is 5.32 Å². The molecule has 0 amide bonds. The summed E-state index contributed by atoms with van der Waals surface area (Å²) in [4.78, 5) is 6.57. The molecule has 0 aromatic carbocycles. The van der Waals surface area contributed by atoms with Crippen LogP contribution in [0.1, 0.15) is 31.4 Å². The molecule has 0 unspecified atom stereocenters. The Balaban J connectivity index is 1.72. The van der Waals surface area contributed by atoms with Crippen LogP contribution in [0.2, 0.25) is 0 Å². The van der Waals surface area contributed by atoms with E-state index in [4.69, 9.17) is 5.26 Å². The Bertz CT molecular complexity index is 385. The van der Waals surface area contributed by atoms with E-state index >= 15 is 0 Å². The second kappa shape index (κ2) is 6.97. The molecule has 0 aliphatic carbocycles. The van der Waals surface area contributed by atoms with Crippen LogP contribution >= 0.6 is 0 Å². The summed E-state index contributed by atoms with van der Waals surface area (Å²) in [6.07, 6.45) is 7.14. The van der Waals surface area contributed by atoms with Crippen LogP contribution in [0, 0.1) is 11.3 Å². The van der Waals surface area contributed by atoms with Gasteiger partial charge in [-0.25, -0.2) is 4.98 Å². The number of nitriles is 1. The van der Waals surface area contributed by atoms with Crippen molar-refractivity contribution < 1.29 is 0 Å². The van der Waals surface area contributed by atoms with Crippen LogP contribution in [-0.2, 0) is 0 Å². The molecule has 0 spiro atoms. The summed E-state index contributed by atoms with van der Waals surface area (Å²) in [5, 5.41) is 12.0. The average molecular weight is 244 g/mol.